The Kier molecular flexibility index (Phi) is 6.26. The number of thioether (sulfide) groups is 1. The van der Waals surface area contributed by atoms with Gasteiger partial charge in [0.15, 0.2) is 10.4 Å². The molecule has 6 nitrogen and oxygen atoms in total. The van der Waals surface area contributed by atoms with Crippen LogP contribution in [-0.4, -0.2) is 34.1 Å². The molecule has 1 saturated carbocycles. The molecule has 21 heavy (non-hydrogen) atoms. The molecular weight excluding hydrogens is 308 g/mol. The summed E-state index contributed by atoms with van der Waals surface area (Å²) in [5.41, 5.74) is 0. The fraction of sp³-hybridized carbons (Fsp3) is 0.692. The molecule has 0 spiro atoms. The molecule has 1 aliphatic carbocycles. The van der Waals surface area contributed by atoms with Gasteiger partial charge in [0.05, 0.1) is 5.75 Å². The predicted octanol–water partition coefficient (Wildman–Crippen LogP) is 2.83. The first-order valence-corrected chi connectivity index (χ1v) is 8.79. The topological polar surface area (TPSA) is 87.9 Å². The van der Waals surface area contributed by atoms with E-state index < -0.39 is 12.1 Å². The monoisotopic (exact) mass is 326 g/mol. The lowest BCUT2D eigenvalue weighted by Gasteiger charge is -2.21. The molecule has 8 heteroatoms. The number of esters is 1. The number of rotatable bonds is 6. The van der Waals surface area contributed by atoms with Gasteiger partial charge in [-0.25, -0.2) is 0 Å². The van der Waals surface area contributed by atoms with Crippen LogP contribution >= 0.6 is 23.1 Å². The van der Waals surface area contributed by atoms with Crippen LogP contribution in [0.4, 0.5) is 5.13 Å². The summed E-state index contributed by atoms with van der Waals surface area (Å²) in [5, 5.41) is 20.9. The van der Waals surface area contributed by atoms with Crippen molar-refractivity contribution in [3.63, 3.8) is 0 Å². The third-order valence-corrected chi connectivity index (χ3v) is 5.10. The highest BCUT2D eigenvalue weighted by Crippen LogP contribution is 2.28. The Morgan fingerprint density at radius 2 is 2.29 bits per heavy atom. The number of ether oxygens (including phenoxy) is 1. The van der Waals surface area contributed by atoms with E-state index in [1.54, 1.807) is 6.92 Å². The van der Waals surface area contributed by atoms with Crippen LogP contribution in [0, 0.1) is 11.3 Å². The Morgan fingerprint density at radius 1 is 1.52 bits per heavy atom. The van der Waals surface area contributed by atoms with Crippen LogP contribution in [0.1, 0.15) is 39.0 Å². The van der Waals surface area contributed by atoms with Crippen LogP contribution in [0.15, 0.2) is 4.34 Å². The number of nitriles is 1. The van der Waals surface area contributed by atoms with E-state index in [-0.39, 0.29) is 5.75 Å². The Bertz CT molecular complexity index is 509. The highest BCUT2D eigenvalue weighted by Gasteiger charge is 2.16. The summed E-state index contributed by atoms with van der Waals surface area (Å²) in [6.07, 6.45) is 5.50. The minimum Gasteiger partial charge on any atom is -0.447 e. The quantitative estimate of drug-likeness (QED) is 0.635. The second-order valence-electron chi connectivity index (χ2n) is 4.90. The molecule has 0 aliphatic heterocycles. The van der Waals surface area contributed by atoms with Gasteiger partial charge in [-0.1, -0.05) is 42.4 Å². The van der Waals surface area contributed by atoms with E-state index in [0.717, 1.165) is 9.47 Å². The van der Waals surface area contributed by atoms with E-state index >= 15 is 0 Å². The van der Waals surface area contributed by atoms with E-state index in [2.05, 4.69) is 15.5 Å². The molecule has 1 aliphatic rings. The molecule has 1 N–H and O–H groups in total. The summed E-state index contributed by atoms with van der Waals surface area (Å²) in [6, 6.07) is 2.35. The Hall–Kier alpha value is -1.33. The minimum absolute atomic E-state index is 0.143. The third-order valence-electron chi connectivity index (χ3n) is 3.14. The second-order valence-corrected chi connectivity index (χ2v) is 7.10. The molecular formula is C13H18N4O2S2. The zero-order valence-corrected chi connectivity index (χ0v) is 13.5. The van der Waals surface area contributed by atoms with Gasteiger partial charge < -0.3 is 10.1 Å². The van der Waals surface area contributed by atoms with E-state index in [0.29, 0.717) is 6.04 Å². The minimum atomic E-state index is -0.712. The normalized spacial score (nSPS) is 17.0. The van der Waals surface area contributed by atoms with Gasteiger partial charge in [-0.15, -0.1) is 10.2 Å². The average Bonchev–Trinajstić information content (AvgIpc) is 2.93. The van der Waals surface area contributed by atoms with Crippen molar-refractivity contribution in [1.82, 2.24) is 10.2 Å². The summed E-state index contributed by atoms with van der Waals surface area (Å²) < 4.78 is 5.60. The van der Waals surface area contributed by atoms with Gasteiger partial charge >= 0.3 is 5.97 Å². The van der Waals surface area contributed by atoms with Crippen LogP contribution in [-0.2, 0) is 9.53 Å². The highest BCUT2D eigenvalue weighted by atomic mass is 32.2. The fourth-order valence-electron chi connectivity index (χ4n) is 2.13. The summed E-state index contributed by atoms with van der Waals surface area (Å²) in [7, 11) is 0. The number of anilines is 1. The number of hydrogen-bond acceptors (Lipinski definition) is 8. The molecule has 0 saturated heterocycles. The molecule has 0 radical (unpaired) electrons. The van der Waals surface area contributed by atoms with Gasteiger partial charge in [-0.05, 0) is 19.8 Å². The van der Waals surface area contributed by atoms with Gasteiger partial charge in [0.25, 0.3) is 0 Å². The lowest BCUT2D eigenvalue weighted by Crippen LogP contribution is -2.21. The largest absolute Gasteiger partial charge is 0.447 e. The van der Waals surface area contributed by atoms with E-state index in [1.807, 2.05) is 6.07 Å². The summed E-state index contributed by atoms with van der Waals surface area (Å²) >= 11 is 2.73. The number of aromatic nitrogens is 2. The van der Waals surface area contributed by atoms with Crippen molar-refractivity contribution in [1.29, 1.82) is 5.26 Å². The van der Waals surface area contributed by atoms with Gasteiger partial charge in [0.1, 0.15) is 6.07 Å². The molecule has 1 fully saturated rings. The number of carbonyl (C=O) groups excluding carboxylic acids is 1. The van der Waals surface area contributed by atoms with Crippen LogP contribution < -0.4 is 5.32 Å². The maximum absolute atomic E-state index is 11.5. The maximum atomic E-state index is 11.5. The average molecular weight is 326 g/mol. The molecule has 1 aromatic rings. The second kappa shape index (κ2) is 8.20. The van der Waals surface area contributed by atoms with E-state index in [9.17, 15) is 4.79 Å². The first-order chi connectivity index (χ1) is 10.2. The first kappa shape index (κ1) is 16.0. The fourth-order valence-corrected chi connectivity index (χ4v) is 3.74. The Morgan fingerprint density at radius 3 is 3.00 bits per heavy atom. The van der Waals surface area contributed by atoms with Crippen molar-refractivity contribution >= 4 is 34.2 Å². The van der Waals surface area contributed by atoms with Crippen molar-refractivity contribution in [2.45, 2.75) is 55.5 Å². The van der Waals surface area contributed by atoms with Gasteiger partial charge in [-0.3, -0.25) is 4.79 Å². The van der Waals surface area contributed by atoms with Crippen molar-refractivity contribution < 1.29 is 9.53 Å². The summed E-state index contributed by atoms with van der Waals surface area (Å²) in [6.45, 7) is 1.54. The molecule has 0 bridgehead atoms. The standard InChI is InChI=1S/C13H18N4O2S2/c1-9(7-14)19-11(18)8-20-13-17-16-12(21-13)15-10-5-3-2-4-6-10/h9-10H,2-6,8H2,1H3,(H,15,16)/t9-/m0/s1. The van der Waals surface area contributed by atoms with E-state index in [4.69, 9.17) is 10.00 Å². The molecule has 0 unspecified atom stereocenters. The zero-order valence-electron chi connectivity index (χ0n) is 11.9. The van der Waals surface area contributed by atoms with Crippen molar-refractivity contribution in [2.24, 2.45) is 0 Å². The maximum Gasteiger partial charge on any atom is 0.317 e. The van der Waals surface area contributed by atoms with Crippen LogP contribution in [0.2, 0.25) is 0 Å². The SMILES string of the molecule is C[C@@H](C#N)OC(=O)CSc1nnc(NC2CCCCC2)s1. The molecule has 1 aromatic heterocycles. The van der Waals surface area contributed by atoms with Crippen molar-refractivity contribution in [3.05, 3.63) is 0 Å². The first-order valence-electron chi connectivity index (χ1n) is 6.99. The Balaban J connectivity index is 1.75. The number of hydrogen-bond donors (Lipinski definition) is 1. The van der Waals surface area contributed by atoms with Crippen LogP contribution in [0.5, 0.6) is 0 Å². The summed E-state index contributed by atoms with van der Waals surface area (Å²) in [5.74, 6) is -0.268. The predicted molar refractivity (Wildman–Crippen MR) is 82.3 cm³/mol. The van der Waals surface area contributed by atoms with Crippen LogP contribution in [0.25, 0.3) is 0 Å². The highest BCUT2D eigenvalue weighted by molar-refractivity contribution is 8.01. The van der Waals surface area contributed by atoms with Gasteiger partial charge in [-0.2, -0.15) is 5.26 Å². The lowest BCUT2D eigenvalue weighted by atomic mass is 9.96. The molecule has 0 aromatic carbocycles. The molecule has 2 rings (SSSR count). The smallest absolute Gasteiger partial charge is 0.317 e. The number of carbonyl (C=O) groups is 1. The third kappa shape index (κ3) is 5.52. The number of nitrogens with zero attached hydrogens (tertiary/aromatic N) is 3. The van der Waals surface area contributed by atoms with Crippen molar-refractivity contribution in [3.8, 4) is 6.07 Å². The molecule has 114 valence electrons. The van der Waals surface area contributed by atoms with E-state index in [1.165, 1.54) is 55.2 Å². The zero-order chi connectivity index (χ0) is 15.1. The van der Waals surface area contributed by atoms with Crippen molar-refractivity contribution in [2.75, 3.05) is 11.1 Å². The number of nitrogens with one attached hydrogen (secondary N) is 1. The van der Waals surface area contributed by atoms with Gasteiger partial charge in [0, 0.05) is 6.04 Å². The van der Waals surface area contributed by atoms with Gasteiger partial charge in [0.2, 0.25) is 5.13 Å². The Labute approximate surface area is 132 Å². The molecule has 0 amide bonds. The molecule has 1 atom stereocenters. The van der Waals surface area contributed by atoms with Crippen LogP contribution in [0.3, 0.4) is 0 Å². The lowest BCUT2D eigenvalue weighted by molar-refractivity contribution is -0.142. The summed E-state index contributed by atoms with van der Waals surface area (Å²) in [4.78, 5) is 11.5. The molecule has 1 heterocycles.